The molecular formula is C23H31ClN2O6S. The quantitative estimate of drug-likeness (QED) is 0.397. The highest BCUT2D eigenvalue weighted by atomic mass is 35.5. The molecule has 2 rings (SSSR count). The molecule has 182 valence electrons. The number of carboxylic acids is 1. The molecule has 0 bridgehead atoms. The second kappa shape index (κ2) is 10.0. The van der Waals surface area contributed by atoms with E-state index >= 15 is 0 Å². The van der Waals surface area contributed by atoms with Gasteiger partial charge >= 0.3 is 11.9 Å². The van der Waals surface area contributed by atoms with E-state index in [4.69, 9.17) is 20.9 Å². The maximum absolute atomic E-state index is 12.9. The summed E-state index contributed by atoms with van der Waals surface area (Å²) in [7, 11) is 0. The number of benzene rings is 1. The highest BCUT2D eigenvalue weighted by Gasteiger charge is 2.36. The van der Waals surface area contributed by atoms with Crippen molar-refractivity contribution in [3.63, 3.8) is 0 Å². The van der Waals surface area contributed by atoms with Crippen molar-refractivity contribution < 1.29 is 28.5 Å². The van der Waals surface area contributed by atoms with Crippen LogP contribution in [0.15, 0.2) is 16.7 Å². The van der Waals surface area contributed by atoms with Crippen LogP contribution in [0.2, 0.25) is 5.02 Å². The van der Waals surface area contributed by atoms with E-state index in [2.05, 4.69) is 9.88 Å². The molecule has 0 aliphatic carbocycles. The minimum Gasteiger partial charge on any atom is -0.598 e. The minimum absolute atomic E-state index is 0.0273. The Morgan fingerprint density at radius 1 is 1.21 bits per heavy atom. The first-order chi connectivity index (χ1) is 15.0. The highest BCUT2D eigenvalue weighted by Crippen LogP contribution is 2.39. The standard InChI is InChI=1S/C23H31ClN2O6S/c1-12-9-14(24)10-15(21(28)29)18(12)19-13(2)25-32-20(19)16(26-33(30)23(6,7)8)11-17(27)31-22(3,4)5/h9-10,16,26H,11H2,1-8H3,(H,28,29)/t16-,33?/m0/s1. The molecule has 0 aliphatic rings. The number of nitrogens with zero attached hydrogens (tertiary/aromatic N) is 1. The summed E-state index contributed by atoms with van der Waals surface area (Å²) in [5.74, 6) is -1.50. The molecule has 1 heterocycles. The third-order valence-electron chi connectivity index (χ3n) is 4.58. The zero-order valence-corrected chi connectivity index (χ0v) is 21.7. The number of carboxylic acid groups (broad SMARTS) is 1. The number of nitrogens with one attached hydrogen (secondary N) is 1. The van der Waals surface area contributed by atoms with E-state index in [1.165, 1.54) is 6.07 Å². The van der Waals surface area contributed by atoms with Crippen molar-refractivity contribution in [3.8, 4) is 11.1 Å². The number of aromatic carboxylic acids is 1. The Morgan fingerprint density at radius 2 is 1.82 bits per heavy atom. The van der Waals surface area contributed by atoms with Crippen LogP contribution in [0.25, 0.3) is 11.1 Å². The van der Waals surface area contributed by atoms with Gasteiger partial charge in [-0.15, -0.1) is 4.72 Å². The molecule has 1 unspecified atom stereocenters. The summed E-state index contributed by atoms with van der Waals surface area (Å²) >= 11 is 4.53. The van der Waals surface area contributed by atoms with Crippen LogP contribution in [0.3, 0.4) is 0 Å². The lowest BCUT2D eigenvalue weighted by Gasteiger charge is -2.28. The lowest BCUT2D eigenvalue weighted by molar-refractivity contribution is -0.155. The molecule has 0 saturated heterocycles. The third kappa shape index (κ3) is 6.96. The summed E-state index contributed by atoms with van der Waals surface area (Å²) in [5, 5.41) is 14.1. The van der Waals surface area contributed by atoms with E-state index in [1.54, 1.807) is 61.5 Å². The van der Waals surface area contributed by atoms with Gasteiger partial charge in [0, 0.05) is 21.9 Å². The van der Waals surface area contributed by atoms with Gasteiger partial charge < -0.3 is 18.9 Å². The summed E-state index contributed by atoms with van der Waals surface area (Å²) in [4.78, 5) is 24.7. The van der Waals surface area contributed by atoms with Crippen molar-refractivity contribution in [2.45, 2.75) is 78.2 Å². The van der Waals surface area contributed by atoms with Crippen LogP contribution >= 0.6 is 11.6 Å². The predicted molar refractivity (Wildman–Crippen MR) is 128 cm³/mol. The lowest BCUT2D eigenvalue weighted by Crippen LogP contribution is -2.42. The molecule has 0 aliphatic heterocycles. The van der Waals surface area contributed by atoms with Crippen molar-refractivity contribution in [1.29, 1.82) is 0 Å². The van der Waals surface area contributed by atoms with Crippen molar-refractivity contribution in [2.24, 2.45) is 0 Å². The molecule has 0 amide bonds. The number of halogens is 1. The average molecular weight is 499 g/mol. The Kier molecular flexibility index (Phi) is 8.27. The van der Waals surface area contributed by atoms with Gasteiger partial charge in [-0.3, -0.25) is 4.79 Å². The number of carbonyl (C=O) groups excluding carboxylic acids is 1. The highest BCUT2D eigenvalue weighted by molar-refractivity contribution is 7.90. The van der Waals surface area contributed by atoms with Gasteiger partial charge in [0.1, 0.15) is 16.4 Å². The molecule has 33 heavy (non-hydrogen) atoms. The zero-order valence-electron chi connectivity index (χ0n) is 20.2. The predicted octanol–water partition coefficient (Wildman–Crippen LogP) is 5.13. The Hall–Kier alpha value is -2.07. The largest absolute Gasteiger partial charge is 0.598 e. The number of esters is 1. The fraction of sp³-hybridized carbons (Fsp3) is 0.522. The number of aryl methyl sites for hydroxylation is 2. The van der Waals surface area contributed by atoms with E-state index < -0.39 is 39.7 Å². The van der Waals surface area contributed by atoms with Crippen LogP contribution in [-0.2, 0) is 20.9 Å². The molecule has 1 aromatic heterocycles. The minimum atomic E-state index is -1.57. The van der Waals surface area contributed by atoms with E-state index in [9.17, 15) is 19.2 Å². The molecule has 2 N–H and O–H groups in total. The molecule has 1 aromatic carbocycles. The third-order valence-corrected chi connectivity index (χ3v) is 6.41. The Labute approximate surface area is 202 Å². The second-order valence-electron chi connectivity index (χ2n) is 9.80. The van der Waals surface area contributed by atoms with E-state index in [1.807, 2.05) is 0 Å². The van der Waals surface area contributed by atoms with E-state index in [0.717, 1.165) is 0 Å². The molecule has 0 saturated carbocycles. The first-order valence-corrected chi connectivity index (χ1v) is 11.9. The molecule has 0 radical (unpaired) electrons. The summed E-state index contributed by atoms with van der Waals surface area (Å²) in [6, 6.07) is 2.11. The summed E-state index contributed by atoms with van der Waals surface area (Å²) in [5.41, 5.74) is 1.07. The maximum atomic E-state index is 12.9. The van der Waals surface area contributed by atoms with Crippen molar-refractivity contribution >= 4 is 34.9 Å². The monoisotopic (exact) mass is 498 g/mol. The van der Waals surface area contributed by atoms with Gasteiger partial charge in [0.15, 0.2) is 5.76 Å². The number of ether oxygens (including phenoxy) is 1. The molecule has 2 aromatic rings. The van der Waals surface area contributed by atoms with Crippen LogP contribution in [0, 0.1) is 13.8 Å². The molecule has 2 atom stereocenters. The Bertz CT molecular complexity index is 1040. The smallest absolute Gasteiger partial charge is 0.336 e. The summed E-state index contributed by atoms with van der Waals surface area (Å²) in [6.07, 6.45) is -0.199. The van der Waals surface area contributed by atoms with Gasteiger partial charge in [0.05, 0.1) is 23.2 Å². The normalized spacial score (nSPS) is 14.1. The Morgan fingerprint density at radius 3 is 2.33 bits per heavy atom. The average Bonchev–Trinajstić information content (AvgIpc) is 2.99. The number of hydrogen-bond donors (Lipinski definition) is 2. The van der Waals surface area contributed by atoms with Gasteiger partial charge in [-0.25, -0.2) is 4.79 Å². The Balaban J connectivity index is 2.66. The fourth-order valence-corrected chi connectivity index (χ4v) is 4.29. The molecular weight excluding hydrogens is 468 g/mol. The van der Waals surface area contributed by atoms with Crippen molar-refractivity contribution in [3.05, 3.63) is 39.7 Å². The van der Waals surface area contributed by atoms with Crippen molar-refractivity contribution in [2.75, 3.05) is 0 Å². The maximum Gasteiger partial charge on any atom is 0.336 e. The number of hydrogen-bond acceptors (Lipinski definition) is 7. The van der Waals surface area contributed by atoms with Gasteiger partial charge in [-0.2, -0.15) is 0 Å². The fourth-order valence-electron chi connectivity index (χ4n) is 3.22. The number of aromatic nitrogens is 1. The van der Waals surface area contributed by atoms with Crippen LogP contribution in [0.4, 0.5) is 0 Å². The number of rotatable bonds is 7. The molecule has 10 heteroatoms. The van der Waals surface area contributed by atoms with Crippen LogP contribution in [-0.4, -0.2) is 37.1 Å². The van der Waals surface area contributed by atoms with Crippen LogP contribution < -0.4 is 4.72 Å². The van der Waals surface area contributed by atoms with Crippen molar-refractivity contribution in [1.82, 2.24) is 9.88 Å². The number of carbonyl (C=O) groups is 2. The molecule has 0 spiro atoms. The first-order valence-electron chi connectivity index (χ1n) is 10.4. The van der Waals surface area contributed by atoms with Gasteiger partial charge in [0.2, 0.25) is 0 Å². The topological polar surface area (TPSA) is 125 Å². The second-order valence-corrected chi connectivity index (χ2v) is 12.2. The van der Waals surface area contributed by atoms with E-state index in [0.29, 0.717) is 22.4 Å². The van der Waals surface area contributed by atoms with E-state index in [-0.39, 0.29) is 22.8 Å². The van der Waals surface area contributed by atoms with Gasteiger partial charge in [-0.1, -0.05) is 16.8 Å². The van der Waals surface area contributed by atoms with Crippen LogP contribution in [0.1, 0.15) is 81.4 Å². The molecule has 0 fully saturated rings. The lowest BCUT2D eigenvalue weighted by atomic mass is 9.91. The van der Waals surface area contributed by atoms with Gasteiger partial charge in [-0.05, 0) is 73.1 Å². The SMILES string of the molecule is Cc1cc(Cl)cc(C(=O)O)c1-c1c(C)noc1[C@H](CC(=O)OC(C)(C)C)N[S+]([O-])C(C)(C)C. The zero-order chi connectivity index (χ0) is 25.3. The summed E-state index contributed by atoms with van der Waals surface area (Å²) in [6.45, 7) is 14.0. The van der Waals surface area contributed by atoms with Gasteiger partial charge in [0.25, 0.3) is 0 Å². The summed E-state index contributed by atoms with van der Waals surface area (Å²) < 4.78 is 26.3. The molecule has 8 nitrogen and oxygen atoms in total. The van der Waals surface area contributed by atoms with Crippen LogP contribution in [0.5, 0.6) is 0 Å². The first kappa shape index (κ1) is 27.2.